The molecule has 0 bridgehead atoms. The highest BCUT2D eigenvalue weighted by atomic mass is 32.2. The lowest BCUT2D eigenvalue weighted by Gasteiger charge is -2.14. The molecule has 0 atom stereocenters. The lowest BCUT2D eigenvalue weighted by Crippen LogP contribution is -2.13. The number of anilines is 1. The van der Waals surface area contributed by atoms with E-state index in [9.17, 15) is 4.79 Å². The Hall–Kier alpha value is -1.34. The van der Waals surface area contributed by atoms with Crippen LogP contribution in [0.4, 0.5) is 5.82 Å². The van der Waals surface area contributed by atoms with Gasteiger partial charge in [-0.3, -0.25) is 4.79 Å². The molecule has 1 aromatic heterocycles. The molecule has 0 saturated heterocycles. The minimum absolute atomic E-state index is 0.222. The van der Waals surface area contributed by atoms with Gasteiger partial charge < -0.3 is 10.2 Å². The van der Waals surface area contributed by atoms with Gasteiger partial charge in [-0.1, -0.05) is 13.8 Å². The molecule has 0 saturated carbocycles. The maximum Gasteiger partial charge on any atom is 0.306 e. The molecule has 0 fully saturated rings. The third-order valence-electron chi connectivity index (χ3n) is 2.33. The van der Waals surface area contributed by atoms with Gasteiger partial charge in [0, 0.05) is 11.3 Å². The number of hydrogen-bond donors (Lipinski definition) is 2. The number of esters is 1. The second kappa shape index (κ2) is 7.17. The lowest BCUT2D eigenvalue weighted by molar-refractivity contribution is -0.140. The molecule has 0 aromatic carbocycles. The molecule has 1 aromatic rings. The molecule has 18 heavy (non-hydrogen) atoms. The number of methoxy groups -OCH3 is 1. The van der Waals surface area contributed by atoms with Crippen molar-refractivity contribution in [2.45, 2.75) is 31.2 Å². The number of ether oxygens (including phenoxy) is 1. The number of nitrogens with one attached hydrogen (secondary N) is 1. The topological polar surface area (TPSA) is 90.1 Å². The number of aromatic nitrogens is 2. The fourth-order valence-corrected chi connectivity index (χ4v) is 2.53. The summed E-state index contributed by atoms with van der Waals surface area (Å²) in [4.78, 5) is 19.4. The third kappa shape index (κ3) is 3.85. The Morgan fingerprint density at radius 3 is 2.83 bits per heavy atom. The molecule has 100 valence electrons. The summed E-state index contributed by atoms with van der Waals surface area (Å²) >= 11 is 1.50. The molecule has 3 N–H and O–H groups in total. The lowest BCUT2D eigenvalue weighted by atomic mass is 10.1. The fraction of sp³-hybridized carbons (Fsp3) is 0.545. The van der Waals surface area contributed by atoms with Crippen molar-refractivity contribution in [3.63, 3.8) is 0 Å². The third-order valence-corrected chi connectivity index (χ3v) is 3.34. The molecule has 0 aliphatic carbocycles. The van der Waals surface area contributed by atoms with E-state index in [1.54, 1.807) is 0 Å². The number of hydrazine groups is 1. The minimum Gasteiger partial charge on any atom is -0.469 e. The average Bonchev–Trinajstić information content (AvgIpc) is 2.37. The summed E-state index contributed by atoms with van der Waals surface area (Å²) in [6.07, 6.45) is 1.82. The first-order valence-electron chi connectivity index (χ1n) is 5.61. The van der Waals surface area contributed by atoms with Crippen LogP contribution in [0.25, 0.3) is 0 Å². The first-order valence-corrected chi connectivity index (χ1v) is 6.59. The SMILES string of the molecule is COC(=O)CCSc1ncnc(NN)c1C(C)C. The highest BCUT2D eigenvalue weighted by molar-refractivity contribution is 7.99. The molecule has 0 spiro atoms. The van der Waals surface area contributed by atoms with E-state index < -0.39 is 0 Å². The Labute approximate surface area is 111 Å². The van der Waals surface area contributed by atoms with Gasteiger partial charge in [0.15, 0.2) is 0 Å². The van der Waals surface area contributed by atoms with Crippen molar-refractivity contribution in [2.24, 2.45) is 5.84 Å². The van der Waals surface area contributed by atoms with Crippen LogP contribution in [0.3, 0.4) is 0 Å². The van der Waals surface area contributed by atoms with Crippen LogP contribution >= 0.6 is 11.8 Å². The largest absolute Gasteiger partial charge is 0.469 e. The minimum atomic E-state index is -0.222. The molecule has 0 aliphatic heterocycles. The Kier molecular flexibility index (Phi) is 5.87. The molecule has 7 heteroatoms. The number of carbonyl (C=O) groups is 1. The Morgan fingerprint density at radius 1 is 1.56 bits per heavy atom. The molecule has 0 radical (unpaired) electrons. The number of thioether (sulfide) groups is 1. The van der Waals surface area contributed by atoms with Gasteiger partial charge in [-0.25, -0.2) is 15.8 Å². The van der Waals surface area contributed by atoms with Crippen molar-refractivity contribution in [3.8, 4) is 0 Å². The summed E-state index contributed by atoms with van der Waals surface area (Å²) < 4.78 is 4.59. The highest BCUT2D eigenvalue weighted by Gasteiger charge is 2.15. The van der Waals surface area contributed by atoms with E-state index in [1.165, 1.54) is 25.2 Å². The van der Waals surface area contributed by atoms with Gasteiger partial charge in [-0.2, -0.15) is 0 Å². The molecule has 0 unspecified atom stereocenters. The Bertz CT molecular complexity index is 412. The van der Waals surface area contributed by atoms with Gasteiger partial charge >= 0.3 is 5.97 Å². The van der Waals surface area contributed by atoms with Crippen LogP contribution < -0.4 is 11.3 Å². The van der Waals surface area contributed by atoms with Gasteiger partial charge in [-0.15, -0.1) is 11.8 Å². The first-order chi connectivity index (χ1) is 8.60. The molecule has 1 heterocycles. The number of nitrogens with two attached hydrogens (primary N) is 1. The summed E-state index contributed by atoms with van der Waals surface area (Å²) in [5.41, 5.74) is 3.54. The Morgan fingerprint density at radius 2 is 2.28 bits per heavy atom. The Balaban J connectivity index is 2.78. The van der Waals surface area contributed by atoms with Crippen LogP contribution in [0, 0.1) is 0 Å². The van der Waals surface area contributed by atoms with Crippen molar-refractivity contribution >= 4 is 23.5 Å². The van der Waals surface area contributed by atoms with E-state index in [2.05, 4.69) is 20.1 Å². The van der Waals surface area contributed by atoms with Crippen LogP contribution in [-0.4, -0.2) is 28.8 Å². The number of rotatable bonds is 6. The second-order valence-electron chi connectivity index (χ2n) is 3.91. The average molecular weight is 270 g/mol. The van der Waals surface area contributed by atoms with Crippen molar-refractivity contribution < 1.29 is 9.53 Å². The van der Waals surface area contributed by atoms with E-state index >= 15 is 0 Å². The van der Waals surface area contributed by atoms with Gasteiger partial charge in [0.1, 0.15) is 17.2 Å². The highest BCUT2D eigenvalue weighted by Crippen LogP contribution is 2.31. The van der Waals surface area contributed by atoms with Crippen LogP contribution in [0.1, 0.15) is 31.7 Å². The van der Waals surface area contributed by atoms with Gasteiger partial charge in [0.2, 0.25) is 0 Å². The smallest absolute Gasteiger partial charge is 0.306 e. The van der Waals surface area contributed by atoms with Crippen molar-refractivity contribution in [3.05, 3.63) is 11.9 Å². The number of hydrogen-bond acceptors (Lipinski definition) is 7. The van der Waals surface area contributed by atoms with Crippen molar-refractivity contribution in [2.75, 3.05) is 18.3 Å². The molecule has 0 amide bonds. The molecule has 6 nitrogen and oxygen atoms in total. The summed E-state index contributed by atoms with van der Waals surface area (Å²) in [7, 11) is 1.38. The summed E-state index contributed by atoms with van der Waals surface area (Å²) in [5.74, 6) is 6.70. The zero-order valence-electron chi connectivity index (χ0n) is 10.8. The zero-order valence-corrected chi connectivity index (χ0v) is 11.6. The predicted octanol–water partition coefficient (Wildman–Crippen LogP) is 1.54. The van der Waals surface area contributed by atoms with E-state index in [-0.39, 0.29) is 11.9 Å². The summed E-state index contributed by atoms with van der Waals surface area (Å²) in [6, 6.07) is 0. The number of carbonyl (C=O) groups excluding carboxylic acids is 1. The van der Waals surface area contributed by atoms with E-state index in [0.29, 0.717) is 18.0 Å². The van der Waals surface area contributed by atoms with E-state index in [0.717, 1.165) is 10.6 Å². The van der Waals surface area contributed by atoms with Crippen LogP contribution in [0.5, 0.6) is 0 Å². The number of nitrogen functional groups attached to an aromatic ring is 1. The van der Waals surface area contributed by atoms with E-state index in [1.807, 2.05) is 13.8 Å². The van der Waals surface area contributed by atoms with Crippen LogP contribution in [0.15, 0.2) is 11.4 Å². The maximum absolute atomic E-state index is 11.0. The molecule has 0 aliphatic rings. The quantitative estimate of drug-likeness (QED) is 0.266. The monoisotopic (exact) mass is 270 g/mol. The zero-order chi connectivity index (χ0) is 13.5. The van der Waals surface area contributed by atoms with Gasteiger partial charge in [-0.05, 0) is 5.92 Å². The van der Waals surface area contributed by atoms with Gasteiger partial charge in [0.05, 0.1) is 13.5 Å². The summed E-state index contributed by atoms with van der Waals surface area (Å²) in [6.45, 7) is 4.09. The predicted molar refractivity (Wildman–Crippen MR) is 71.3 cm³/mol. The van der Waals surface area contributed by atoms with Crippen molar-refractivity contribution in [1.82, 2.24) is 9.97 Å². The fourth-order valence-electron chi connectivity index (χ4n) is 1.46. The first kappa shape index (κ1) is 14.7. The molecular weight excluding hydrogens is 252 g/mol. The maximum atomic E-state index is 11.0. The van der Waals surface area contributed by atoms with Crippen LogP contribution in [-0.2, 0) is 9.53 Å². The second-order valence-corrected chi connectivity index (χ2v) is 5.00. The van der Waals surface area contributed by atoms with E-state index in [4.69, 9.17) is 5.84 Å². The molecule has 1 rings (SSSR count). The van der Waals surface area contributed by atoms with Gasteiger partial charge in [0.25, 0.3) is 0 Å². The summed E-state index contributed by atoms with van der Waals surface area (Å²) in [5, 5.41) is 0.844. The van der Waals surface area contributed by atoms with Crippen molar-refractivity contribution in [1.29, 1.82) is 0 Å². The normalized spacial score (nSPS) is 10.5. The van der Waals surface area contributed by atoms with Crippen LogP contribution in [0.2, 0.25) is 0 Å². The molecular formula is C11H18N4O2S. The number of nitrogens with zero attached hydrogens (tertiary/aromatic N) is 2. The standard InChI is InChI=1S/C11H18N4O2S/c1-7(2)9-10(15-12)13-6-14-11(9)18-5-4-8(16)17-3/h6-7H,4-5,12H2,1-3H3,(H,13,14,15).